The van der Waals surface area contributed by atoms with Gasteiger partial charge in [-0.15, -0.1) is 0 Å². The largest absolute Gasteiger partial charge is 0.461 e. The predicted molar refractivity (Wildman–Crippen MR) is 97.8 cm³/mol. The molecule has 0 saturated heterocycles. The van der Waals surface area contributed by atoms with E-state index in [1.165, 1.54) is 21.5 Å². The number of carbonyl (C=O) groups is 1. The van der Waals surface area contributed by atoms with Crippen molar-refractivity contribution in [1.29, 1.82) is 0 Å². The summed E-state index contributed by atoms with van der Waals surface area (Å²) in [5.41, 5.74) is -0.609. The molecule has 0 fully saturated rings. The molecule has 0 aliphatic carbocycles. The van der Waals surface area contributed by atoms with Crippen LogP contribution in [-0.4, -0.2) is 29.6 Å². The smallest absolute Gasteiger partial charge is 0.332 e. The normalized spacial score (nSPS) is 11.4. The van der Waals surface area contributed by atoms with Crippen LogP contribution in [0.25, 0.3) is 11.2 Å². The number of hydrogen-bond acceptors (Lipinski definition) is 6. The van der Waals surface area contributed by atoms with Crippen LogP contribution in [0.15, 0.2) is 32.4 Å². The van der Waals surface area contributed by atoms with Crippen LogP contribution in [-0.2, 0) is 26.2 Å². The van der Waals surface area contributed by atoms with E-state index in [9.17, 15) is 19.5 Å². The Kier molecular flexibility index (Phi) is 5.41. The molecule has 0 aliphatic rings. The molecule has 1 N–H and O–H groups in total. The first kappa shape index (κ1) is 18.8. The van der Waals surface area contributed by atoms with Crippen molar-refractivity contribution < 1.29 is 14.3 Å². The molecule has 27 heavy (non-hydrogen) atoms. The van der Waals surface area contributed by atoms with E-state index in [2.05, 4.69) is 4.98 Å². The molecule has 9 heteroatoms. The number of Topliss-reactive ketones (excluding diaryl/α,β-unsaturated/α-hetero) is 1. The van der Waals surface area contributed by atoms with E-state index in [1.54, 1.807) is 6.07 Å². The number of imidazole rings is 1. The number of ketones is 1. The molecule has 0 bridgehead atoms. The van der Waals surface area contributed by atoms with Crippen molar-refractivity contribution in [3.63, 3.8) is 0 Å². The average molecular weight is 374 g/mol. The summed E-state index contributed by atoms with van der Waals surface area (Å²) in [4.78, 5) is 42.5. The molecule has 0 aliphatic heterocycles. The van der Waals surface area contributed by atoms with Crippen molar-refractivity contribution in [2.75, 3.05) is 0 Å². The van der Waals surface area contributed by atoms with Crippen LogP contribution < -0.4 is 11.2 Å². The monoisotopic (exact) mass is 374 g/mol. The Labute approximate surface area is 154 Å². The lowest BCUT2D eigenvalue weighted by atomic mass is 10.3. The number of aromatic nitrogens is 4. The van der Waals surface area contributed by atoms with E-state index in [4.69, 9.17) is 4.42 Å². The summed E-state index contributed by atoms with van der Waals surface area (Å²) in [6.45, 7) is 3.75. The minimum absolute atomic E-state index is 0.139. The summed E-state index contributed by atoms with van der Waals surface area (Å²) in [5, 5.41) is 9.70. The zero-order valence-corrected chi connectivity index (χ0v) is 15.3. The highest BCUT2D eigenvalue weighted by Gasteiger charge is 2.23. The molecule has 0 saturated carbocycles. The summed E-state index contributed by atoms with van der Waals surface area (Å²) < 4.78 is 9.09. The van der Waals surface area contributed by atoms with Gasteiger partial charge in [0.25, 0.3) is 5.56 Å². The Hall–Kier alpha value is -2.94. The predicted octanol–water partition coefficient (Wildman–Crippen LogP) is 1.15. The van der Waals surface area contributed by atoms with Crippen LogP contribution >= 0.6 is 0 Å². The first-order valence-corrected chi connectivity index (χ1v) is 8.93. The highest BCUT2D eigenvalue weighted by molar-refractivity contribution is 5.94. The number of aryl methyl sites for hydroxylation is 1. The van der Waals surface area contributed by atoms with Gasteiger partial charge in [0.05, 0.1) is 12.8 Å². The summed E-state index contributed by atoms with van der Waals surface area (Å²) in [5.74, 6) is -0.0549. The molecule has 9 nitrogen and oxygen atoms in total. The SMILES string of the molecule is CCCn1c(=O)c2c(nc(CO)n2CC(=O)c2ccco2)n(CCC)c1=O. The number of aliphatic hydroxyl groups is 1. The first-order chi connectivity index (χ1) is 13.0. The molecular formula is C18H22N4O5. The van der Waals surface area contributed by atoms with Crippen LogP contribution in [0.2, 0.25) is 0 Å². The minimum atomic E-state index is -0.511. The van der Waals surface area contributed by atoms with Gasteiger partial charge in [-0.2, -0.15) is 0 Å². The van der Waals surface area contributed by atoms with Crippen LogP contribution in [0, 0.1) is 0 Å². The minimum Gasteiger partial charge on any atom is -0.461 e. The number of carbonyl (C=O) groups excluding carboxylic acids is 1. The van der Waals surface area contributed by atoms with Gasteiger partial charge in [0.15, 0.2) is 16.9 Å². The zero-order valence-electron chi connectivity index (χ0n) is 15.3. The third-order valence-electron chi connectivity index (χ3n) is 4.33. The Morgan fingerprint density at radius 3 is 2.44 bits per heavy atom. The van der Waals surface area contributed by atoms with Crippen LogP contribution in [0.5, 0.6) is 0 Å². The van der Waals surface area contributed by atoms with E-state index in [1.807, 2.05) is 13.8 Å². The Balaban J connectivity index is 2.28. The standard InChI is InChI=1S/C18H22N4O5/c1-3-7-20-16-15(17(25)21(8-4-2)18(20)26)22(14(11-23)19-16)10-12(24)13-6-5-9-27-13/h5-6,9,23H,3-4,7-8,10-11H2,1-2H3. The number of fused-ring (bicyclic) bond motifs is 1. The van der Waals surface area contributed by atoms with Gasteiger partial charge in [-0.3, -0.25) is 18.7 Å². The fourth-order valence-corrected chi connectivity index (χ4v) is 3.13. The second kappa shape index (κ2) is 7.75. The van der Waals surface area contributed by atoms with Crippen LogP contribution in [0.1, 0.15) is 43.1 Å². The summed E-state index contributed by atoms with van der Waals surface area (Å²) in [7, 11) is 0. The lowest BCUT2D eigenvalue weighted by molar-refractivity contribution is 0.0943. The molecule has 3 heterocycles. The lowest BCUT2D eigenvalue weighted by Crippen LogP contribution is -2.40. The number of nitrogens with zero attached hydrogens (tertiary/aromatic N) is 4. The molecular weight excluding hydrogens is 352 g/mol. The van der Waals surface area contributed by atoms with Gasteiger partial charge in [0.2, 0.25) is 5.78 Å². The molecule has 0 amide bonds. The molecule has 3 aromatic rings. The van der Waals surface area contributed by atoms with Gasteiger partial charge < -0.3 is 14.1 Å². The van der Waals surface area contributed by atoms with Crippen molar-refractivity contribution >= 4 is 16.9 Å². The molecule has 0 spiro atoms. The van der Waals surface area contributed by atoms with Gasteiger partial charge in [0.1, 0.15) is 12.4 Å². The van der Waals surface area contributed by atoms with Gasteiger partial charge in [-0.05, 0) is 25.0 Å². The van der Waals surface area contributed by atoms with Crippen molar-refractivity contribution in [3.8, 4) is 0 Å². The maximum absolute atomic E-state index is 13.0. The van der Waals surface area contributed by atoms with Crippen molar-refractivity contribution in [3.05, 3.63) is 50.8 Å². The summed E-state index contributed by atoms with van der Waals surface area (Å²) in [6.07, 6.45) is 2.67. The zero-order chi connectivity index (χ0) is 19.6. The van der Waals surface area contributed by atoms with E-state index >= 15 is 0 Å². The molecule has 0 radical (unpaired) electrons. The molecule has 3 aromatic heterocycles. The van der Waals surface area contributed by atoms with Gasteiger partial charge in [-0.1, -0.05) is 13.8 Å². The molecule has 0 aromatic carbocycles. The van der Waals surface area contributed by atoms with E-state index < -0.39 is 17.9 Å². The maximum atomic E-state index is 13.0. The van der Waals surface area contributed by atoms with Crippen molar-refractivity contribution in [2.24, 2.45) is 0 Å². The van der Waals surface area contributed by atoms with Crippen LogP contribution in [0.3, 0.4) is 0 Å². The van der Waals surface area contributed by atoms with E-state index in [0.717, 1.165) is 4.57 Å². The van der Waals surface area contributed by atoms with E-state index in [-0.39, 0.29) is 41.6 Å². The first-order valence-electron chi connectivity index (χ1n) is 8.93. The maximum Gasteiger partial charge on any atom is 0.332 e. The highest BCUT2D eigenvalue weighted by atomic mass is 16.3. The average Bonchev–Trinajstić information content (AvgIpc) is 3.30. The third-order valence-corrected chi connectivity index (χ3v) is 4.33. The van der Waals surface area contributed by atoms with Crippen molar-refractivity contribution in [2.45, 2.75) is 52.9 Å². The van der Waals surface area contributed by atoms with Gasteiger partial charge in [-0.25, -0.2) is 9.78 Å². The number of hydrogen-bond donors (Lipinski definition) is 1. The second-order valence-electron chi connectivity index (χ2n) is 6.24. The van der Waals surface area contributed by atoms with Gasteiger partial charge >= 0.3 is 5.69 Å². The van der Waals surface area contributed by atoms with Crippen LogP contribution in [0.4, 0.5) is 0 Å². The fraction of sp³-hybridized carbons (Fsp3) is 0.444. The summed E-state index contributed by atoms with van der Waals surface area (Å²) in [6, 6.07) is 3.13. The number of rotatable bonds is 8. The lowest BCUT2D eigenvalue weighted by Gasteiger charge is -2.11. The highest BCUT2D eigenvalue weighted by Crippen LogP contribution is 2.14. The topological polar surface area (TPSA) is 112 Å². The Bertz CT molecular complexity index is 1070. The van der Waals surface area contributed by atoms with Crippen molar-refractivity contribution in [1.82, 2.24) is 18.7 Å². The number of furan rings is 1. The molecule has 144 valence electrons. The second-order valence-corrected chi connectivity index (χ2v) is 6.24. The summed E-state index contributed by atoms with van der Waals surface area (Å²) >= 11 is 0. The molecule has 0 unspecified atom stereocenters. The molecule has 3 rings (SSSR count). The third kappa shape index (κ3) is 3.25. The molecule has 0 atom stereocenters. The van der Waals surface area contributed by atoms with Gasteiger partial charge in [0, 0.05) is 13.1 Å². The van der Waals surface area contributed by atoms with E-state index in [0.29, 0.717) is 19.4 Å². The Morgan fingerprint density at radius 2 is 1.85 bits per heavy atom. The quantitative estimate of drug-likeness (QED) is 0.592. The fourth-order valence-electron chi connectivity index (χ4n) is 3.13. The Morgan fingerprint density at radius 1 is 1.15 bits per heavy atom. The number of aliphatic hydroxyl groups excluding tert-OH is 1.